The molecular formula is C15H19BrN2O5. The summed E-state index contributed by atoms with van der Waals surface area (Å²) >= 11 is 3.16. The van der Waals surface area contributed by atoms with Crippen LogP contribution in [0.1, 0.15) is 27.2 Å². The fourth-order valence-corrected chi connectivity index (χ4v) is 2.72. The number of rotatable bonds is 3. The number of benzene rings is 1. The summed E-state index contributed by atoms with van der Waals surface area (Å²) < 4.78 is 11.5. The molecule has 1 aromatic rings. The van der Waals surface area contributed by atoms with Gasteiger partial charge >= 0.3 is 6.09 Å². The Bertz CT molecular complexity index is 614. The average Bonchev–Trinajstić information content (AvgIpc) is 2.85. The quantitative estimate of drug-likeness (QED) is 0.583. The lowest BCUT2D eigenvalue weighted by Gasteiger charge is -2.24. The summed E-state index contributed by atoms with van der Waals surface area (Å²) in [5, 5.41) is 10.8. The number of carbonyl (C=O) groups is 1. The highest BCUT2D eigenvalue weighted by molar-refractivity contribution is 9.10. The van der Waals surface area contributed by atoms with E-state index < -0.39 is 10.5 Å². The maximum absolute atomic E-state index is 12.0. The Morgan fingerprint density at radius 2 is 2.13 bits per heavy atom. The van der Waals surface area contributed by atoms with Gasteiger partial charge in [0.25, 0.3) is 5.69 Å². The van der Waals surface area contributed by atoms with Crippen LogP contribution in [0.25, 0.3) is 0 Å². The van der Waals surface area contributed by atoms with Gasteiger partial charge in [0.2, 0.25) is 0 Å². The number of hydrogen-bond acceptors (Lipinski definition) is 5. The molecule has 2 rings (SSSR count). The SMILES string of the molecule is CC(C)(C)OC(=O)N1CCC(Oc2ccc([N+](=O)[O-])c(Br)c2)C1. The number of nitro groups is 1. The summed E-state index contributed by atoms with van der Waals surface area (Å²) in [5.41, 5.74) is -0.543. The van der Waals surface area contributed by atoms with Gasteiger partial charge in [0, 0.05) is 25.1 Å². The third-order valence-electron chi connectivity index (χ3n) is 3.22. The van der Waals surface area contributed by atoms with Gasteiger partial charge < -0.3 is 14.4 Å². The second-order valence-electron chi connectivity index (χ2n) is 6.33. The molecular weight excluding hydrogens is 368 g/mol. The third kappa shape index (κ3) is 4.82. The maximum atomic E-state index is 12.0. The van der Waals surface area contributed by atoms with Gasteiger partial charge in [-0.2, -0.15) is 0 Å². The predicted octanol–water partition coefficient (Wildman–Crippen LogP) is 3.75. The van der Waals surface area contributed by atoms with E-state index in [1.165, 1.54) is 6.07 Å². The standard InChI is InChI=1S/C15H19BrN2O5/c1-15(2,3)23-14(19)17-7-6-11(9-17)22-10-4-5-13(18(20)21)12(16)8-10/h4-5,8,11H,6-7,9H2,1-3H3. The third-order valence-corrected chi connectivity index (χ3v) is 3.85. The number of halogens is 1. The Kier molecular flexibility index (Phi) is 5.13. The first-order chi connectivity index (χ1) is 10.7. The van der Waals surface area contributed by atoms with E-state index in [1.807, 2.05) is 20.8 Å². The van der Waals surface area contributed by atoms with E-state index in [0.29, 0.717) is 29.7 Å². The van der Waals surface area contributed by atoms with Crippen molar-refractivity contribution in [2.75, 3.05) is 13.1 Å². The molecule has 0 spiro atoms. The van der Waals surface area contributed by atoms with E-state index in [9.17, 15) is 14.9 Å². The zero-order valence-corrected chi connectivity index (χ0v) is 14.8. The van der Waals surface area contributed by atoms with E-state index in [-0.39, 0.29) is 17.9 Å². The second-order valence-corrected chi connectivity index (χ2v) is 7.18. The first kappa shape index (κ1) is 17.5. The zero-order valence-electron chi connectivity index (χ0n) is 13.2. The van der Waals surface area contributed by atoms with Crippen LogP contribution in [0.15, 0.2) is 22.7 Å². The molecule has 0 saturated carbocycles. The van der Waals surface area contributed by atoms with Crippen LogP contribution in [0.2, 0.25) is 0 Å². The minimum Gasteiger partial charge on any atom is -0.488 e. The molecule has 1 unspecified atom stereocenters. The first-order valence-electron chi connectivity index (χ1n) is 7.24. The van der Waals surface area contributed by atoms with Gasteiger partial charge in [-0.25, -0.2) is 4.79 Å². The van der Waals surface area contributed by atoms with Crippen LogP contribution in [-0.4, -0.2) is 40.7 Å². The van der Waals surface area contributed by atoms with Gasteiger partial charge in [0.05, 0.1) is 15.9 Å². The van der Waals surface area contributed by atoms with Crippen molar-refractivity contribution in [3.63, 3.8) is 0 Å². The molecule has 1 fully saturated rings. The molecule has 0 N–H and O–H groups in total. The Balaban J connectivity index is 1.94. The molecule has 0 bridgehead atoms. The smallest absolute Gasteiger partial charge is 0.410 e. The van der Waals surface area contributed by atoms with Crippen LogP contribution >= 0.6 is 15.9 Å². The molecule has 0 aromatic heterocycles. The summed E-state index contributed by atoms with van der Waals surface area (Å²) in [6, 6.07) is 4.51. The van der Waals surface area contributed by atoms with Crippen LogP contribution < -0.4 is 4.74 Å². The fourth-order valence-electron chi connectivity index (χ4n) is 2.22. The topological polar surface area (TPSA) is 81.9 Å². The minimum atomic E-state index is -0.529. The molecule has 1 aromatic carbocycles. The minimum absolute atomic E-state index is 0.0147. The van der Waals surface area contributed by atoms with E-state index >= 15 is 0 Å². The first-order valence-corrected chi connectivity index (χ1v) is 8.03. The highest BCUT2D eigenvalue weighted by Gasteiger charge is 2.31. The Morgan fingerprint density at radius 1 is 1.43 bits per heavy atom. The van der Waals surface area contributed by atoms with Crippen molar-refractivity contribution >= 4 is 27.7 Å². The summed E-state index contributed by atoms with van der Waals surface area (Å²) in [4.78, 5) is 23.9. The van der Waals surface area contributed by atoms with Gasteiger partial charge in [-0.15, -0.1) is 0 Å². The monoisotopic (exact) mass is 386 g/mol. The lowest BCUT2D eigenvalue weighted by Crippen LogP contribution is -2.36. The van der Waals surface area contributed by atoms with E-state index in [0.717, 1.165) is 0 Å². The molecule has 126 valence electrons. The predicted molar refractivity (Wildman–Crippen MR) is 87.6 cm³/mol. The zero-order chi connectivity index (χ0) is 17.2. The summed E-state index contributed by atoms with van der Waals surface area (Å²) in [5.74, 6) is 0.526. The molecule has 1 aliphatic rings. The maximum Gasteiger partial charge on any atom is 0.410 e. The number of likely N-dealkylation sites (tertiary alicyclic amines) is 1. The van der Waals surface area contributed by atoms with Gasteiger partial charge in [-0.1, -0.05) is 0 Å². The van der Waals surface area contributed by atoms with Crippen molar-refractivity contribution in [3.8, 4) is 5.75 Å². The molecule has 1 heterocycles. The average molecular weight is 387 g/mol. The largest absolute Gasteiger partial charge is 0.488 e. The van der Waals surface area contributed by atoms with Crippen LogP contribution in [-0.2, 0) is 4.74 Å². The number of nitrogens with zero attached hydrogens (tertiary/aromatic N) is 2. The van der Waals surface area contributed by atoms with Crippen molar-refractivity contribution < 1.29 is 19.2 Å². The van der Waals surface area contributed by atoms with Crippen molar-refractivity contribution in [1.29, 1.82) is 0 Å². The van der Waals surface area contributed by atoms with Crippen molar-refractivity contribution in [3.05, 3.63) is 32.8 Å². The number of carbonyl (C=O) groups excluding carboxylic acids is 1. The van der Waals surface area contributed by atoms with Crippen molar-refractivity contribution in [1.82, 2.24) is 4.90 Å². The summed E-state index contributed by atoms with van der Waals surface area (Å²) in [6.45, 7) is 6.47. The van der Waals surface area contributed by atoms with E-state index in [1.54, 1.807) is 17.0 Å². The van der Waals surface area contributed by atoms with Crippen LogP contribution in [0, 0.1) is 10.1 Å². The molecule has 1 amide bonds. The highest BCUT2D eigenvalue weighted by Crippen LogP contribution is 2.30. The van der Waals surface area contributed by atoms with Gasteiger partial charge in [0.15, 0.2) is 0 Å². The Hall–Kier alpha value is -1.83. The molecule has 7 nitrogen and oxygen atoms in total. The van der Waals surface area contributed by atoms with Crippen molar-refractivity contribution in [2.45, 2.75) is 38.9 Å². The molecule has 0 aliphatic carbocycles. The number of nitro benzene ring substituents is 1. The summed E-state index contributed by atoms with van der Waals surface area (Å²) in [6.07, 6.45) is 0.178. The number of amides is 1. The Morgan fingerprint density at radius 3 is 2.70 bits per heavy atom. The summed E-state index contributed by atoms with van der Waals surface area (Å²) in [7, 11) is 0. The van der Waals surface area contributed by atoms with Gasteiger partial charge in [-0.3, -0.25) is 10.1 Å². The lowest BCUT2D eigenvalue weighted by molar-refractivity contribution is -0.385. The normalized spacial score (nSPS) is 17.9. The second kappa shape index (κ2) is 6.74. The molecule has 8 heteroatoms. The van der Waals surface area contributed by atoms with E-state index in [2.05, 4.69) is 15.9 Å². The number of hydrogen-bond donors (Lipinski definition) is 0. The van der Waals surface area contributed by atoms with Crippen LogP contribution in [0.5, 0.6) is 5.75 Å². The molecule has 23 heavy (non-hydrogen) atoms. The van der Waals surface area contributed by atoms with Crippen LogP contribution in [0.3, 0.4) is 0 Å². The molecule has 1 aliphatic heterocycles. The van der Waals surface area contributed by atoms with E-state index in [4.69, 9.17) is 9.47 Å². The Labute approximate surface area is 142 Å². The number of ether oxygens (including phenoxy) is 2. The van der Waals surface area contributed by atoms with Gasteiger partial charge in [-0.05, 0) is 42.8 Å². The lowest BCUT2D eigenvalue weighted by atomic mass is 10.2. The molecule has 1 saturated heterocycles. The fraction of sp³-hybridized carbons (Fsp3) is 0.533. The molecule has 1 atom stereocenters. The highest BCUT2D eigenvalue weighted by atomic mass is 79.9. The van der Waals surface area contributed by atoms with Crippen LogP contribution in [0.4, 0.5) is 10.5 Å². The van der Waals surface area contributed by atoms with Gasteiger partial charge in [0.1, 0.15) is 17.5 Å². The van der Waals surface area contributed by atoms with Crippen molar-refractivity contribution in [2.24, 2.45) is 0 Å². The molecule has 0 radical (unpaired) electrons.